The van der Waals surface area contributed by atoms with Crippen molar-refractivity contribution in [3.8, 4) is 12.1 Å². The molecule has 0 atom stereocenters. The quantitative estimate of drug-likeness (QED) is 0.480. The molecule has 0 unspecified atom stereocenters. The lowest BCUT2D eigenvalue weighted by atomic mass is 10.4. The predicted octanol–water partition coefficient (Wildman–Crippen LogP) is 0.292. The fraction of sp³-hybridized carbons (Fsp3) is 0.333. The Morgan fingerprint density at radius 2 is 1.40 bits per heavy atom. The van der Waals surface area contributed by atoms with Crippen LogP contribution in [-0.4, -0.2) is 13.2 Å². The Kier molecular flexibility index (Phi) is 1.77. The maximum absolute atomic E-state index is 8.33. The zero-order chi connectivity index (χ0) is 7.40. The average molecular weight is 136 g/mol. The maximum Gasteiger partial charge on any atom is 0.251 e. The van der Waals surface area contributed by atoms with Gasteiger partial charge in [0, 0.05) is 0 Å². The second-order valence-corrected chi connectivity index (χ2v) is 1.58. The van der Waals surface area contributed by atoms with Crippen LogP contribution in [0.1, 0.15) is 0 Å². The lowest BCUT2D eigenvalue weighted by molar-refractivity contribution is 0.0800. The van der Waals surface area contributed by atoms with Crippen molar-refractivity contribution in [3.05, 3.63) is 11.5 Å². The minimum Gasteiger partial charge on any atom is -0.477 e. The van der Waals surface area contributed by atoms with Crippen LogP contribution in [0.15, 0.2) is 11.5 Å². The summed E-state index contributed by atoms with van der Waals surface area (Å²) in [7, 11) is 0. The van der Waals surface area contributed by atoms with Crippen molar-refractivity contribution >= 4 is 0 Å². The van der Waals surface area contributed by atoms with Gasteiger partial charge in [0.1, 0.15) is 25.4 Å². The van der Waals surface area contributed by atoms with Gasteiger partial charge in [-0.15, -0.1) is 0 Å². The van der Waals surface area contributed by atoms with Crippen LogP contribution in [-0.2, 0) is 9.47 Å². The van der Waals surface area contributed by atoms with E-state index >= 15 is 0 Å². The van der Waals surface area contributed by atoms with Crippen LogP contribution in [0, 0.1) is 22.7 Å². The number of nitriles is 2. The van der Waals surface area contributed by atoms with E-state index in [1.54, 1.807) is 12.1 Å². The van der Waals surface area contributed by atoms with E-state index < -0.39 is 0 Å². The van der Waals surface area contributed by atoms with Gasteiger partial charge in [0.25, 0.3) is 11.5 Å². The van der Waals surface area contributed by atoms with Gasteiger partial charge in [-0.1, -0.05) is 0 Å². The Hall–Kier alpha value is -1.68. The number of rotatable bonds is 0. The molecule has 0 radical (unpaired) electrons. The van der Waals surface area contributed by atoms with Gasteiger partial charge in [-0.05, 0) is 0 Å². The van der Waals surface area contributed by atoms with E-state index in [9.17, 15) is 0 Å². The molecule has 0 aromatic carbocycles. The van der Waals surface area contributed by atoms with E-state index in [0.717, 1.165) is 0 Å². The first kappa shape index (κ1) is 6.44. The summed E-state index contributed by atoms with van der Waals surface area (Å²) in [6, 6.07) is 3.43. The average Bonchev–Trinajstić information content (AvgIpc) is 2.04. The highest BCUT2D eigenvalue weighted by Crippen LogP contribution is 2.10. The SMILES string of the molecule is N#CC1=C(C#N)OCCO1. The van der Waals surface area contributed by atoms with Crippen molar-refractivity contribution in [2.24, 2.45) is 0 Å². The molecule has 0 aromatic rings. The third kappa shape index (κ3) is 1.01. The fourth-order valence-corrected chi connectivity index (χ4v) is 0.585. The lowest BCUT2D eigenvalue weighted by Gasteiger charge is -2.12. The summed E-state index contributed by atoms with van der Waals surface area (Å²) in [4.78, 5) is 0. The molecule has 0 spiro atoms. The van der Waals surface area contributed by atoms with E-state index in [2.05, 4.69) is 0 Å². The van der Waals surface area contributed by atoms with Crippen molar-refractivity contribution in [2.75, 3.05) is 13.2 Å². The molecule has 1 aliphatic heterocycles. The summed E-state index contributed by atoms with van der Waals surface area (Å²) in [5.74, 6) is -0.0394. The summed E-state index contributed by atoms with van der Waals surface area (Å²) in [5, 5.41) is 16.7. The van der Waals surface area contributed by atoms with Gasteiger partial charge in [-0.25, -0.2) is 0 Å². The molecular formula is C6H4N2O2. The molecule has 1 aliphatic rings. The van der Waals surface area contributed by atoms with Crippen molar-refractivity contribution in [1.82, 2.24) is 0 Å². The highest BCUT2D eigenvalue weighted by Gasteiger charge is 2.13. The predicted molar refractivity (Wildman–Crippen MR) is 30.2 cm³/mol. The number of allylic oxidation sites excluding steroid dienone is 2. The summed E-state index contributed by atoms with van der Waals surface area (Å²) in [5.41, 5.74) is 0. The highest BCUT2D eigenvalue weighted by molar-refractivity contribution is 5.28. The van der Waals surface area contributed by atoms with Crippen LogP contribution >= 0.6 is 0 Å². The highest BCUT2D eigenvalue weighted by atomic mass is 16.6. The molecule has 1 rings (SSSR count). The first-order valence-electron chi connectivity index (χ1n) is 2.68. The smallest absolute Gasteiger partial charge is 0.251 e. The van der Waals surface area contributed by atoms with Gasteiger partial charge in [-0.2, -0.15) is 10.5 Å². The Balaban J connectivity index is 2.88. The monoisotopic (exact) mass is 136 g/mol. The van der Waals surface area contributed by atoms with E-state index in [-0.39, 0.29) is 11.5 Å². The van der Waals surface area contributed by atoms with E-state index in [1.165, 1.54) is 0 Å². The van der Waals surface area contributed by atoms with E-state index in [0.29, 0.717) is 13.2 Å². The van der Waals surface area contributed by atoms with Crippen molar-refractivity contribution < 1.29 is 9.47 Å². The third-order valence-electron chi connectivity index (χ3n) is 0.985. The zero-order valence-corrected chi connectivity index (χ0v) is 5.13. The molecule has 0 saturated heterocycles. The molecule has 10 heavy (non-hydrogen) atoms. The van der Waals surface area contributed by atoms with Crippen LogP contribution in [0.2, 0.25) is 0 Å². The van der Waals surface area contributed by atoms with Gasteiger partial charge in [0.05, 0.1) is 0 Å². The molecule has 4 nitrogen and oxygen atoms in total. The van der Waals surface area contributed by atoms with Crippen molar-refractivity contribution in [2.45, 2.75) is 0 Å². The van der Waals surface area contributed by atoms with Crippen LogP contribution in [0.4, 0.5) is 0 Å². The summed E-state index contributed by atoms with van der Waals surface area (Å²) >= 11 is 0. The van der Waals surface area contributed by atoms with Crippen LogP contribution in [0.25, 0.3) is 0 Å². The Morgan fingerprint density at radius 3 is 1.70 bits per heavy atom. The Bertz CT molecular complexity index is 217. The van der Waals surface area contributed by atoms with Gasteiger partial charge in [0.15, 0.2) is 0 Å². The topological polar surface area (TPSA) is 66.0 Å². The second kappa shape index (κ2) is 2.75. The molecule has 1 heterocycles. The van der Waals surface area contributed by atoms with Gasteiger partial charge in [0.2, 0.25) is 0 Å². The molecule has 4 heteroatoms. The van der Waals surface area contributed by atoms with Gasteiger partial charge >= 0.3 is 0 Å². The van der Waals surface area contributed by atoms with Gasteiger partial charge in [-0.3, -0.25) is 0 Å². The normalized spacial score (nSPS) is 16.2. The fourth-order valence-electron chi connectivity index (χ4n) is 0.585. The standard InChI is InChI=1S/C6H4N2O2/c7-3-5-6(4-8)10-2-1-9-5/h1-2H2. The van der Waals surface area contributed by atoms with E-state index in [4.69, 9.17) is 20.0 Å². The molecule has 50 valence electrons. The molecule has 0 bridgehead atoms. The maximum atomic E-state index is 8.33. The lowest BCUT2D eigenvalue weighted by Crippen LogP contribution is -2.11. The molecular weight excluding hydrogens is 132 g/mol. The van der Waals surface area contributed by atoms with Crippen LogP contribution in [0.5, 0.6) is 0 Å². The van der Waals surface area contributed by atoms with E-state index in [1.807, 2.05) is 0 Å². The number of nitrogens with zero attached hydrogens (tertiary/aromatic N) is 2. The van der Waals surface area contributed by atoms with Crippen molar-refractivity contribution in [1.29, 1.82) is 10.5 Å². The molecule has 0 aliphatic carbocycles. The molecule has 0 N–H and O–H groups in total. The zero-order valence-electron chi connectivity index (χ0n) is 5.13. The third-order valence-corrected chi connectivity index (χ3v) is 0.985. The first-order valence-corrected chi connectivity index (χ1v) is 2.68. The summed E-state index contributed by atoms with van der Waals surface area (Å²) < 4.78 is 9.60. The molecule has 0 fully saturated rings. The van der Waals surface area contributed by atoms with Crippen LogP contribution in [0.3, 0.4) is 0 Å². The molecule has 0 saturated carbocycles. The summed E-state index contributed by atoms with van der Waals surface area (Å²) in [6.45, 7) is 0.683. The second-order valence-electron chi connectivity index (χ2n) is 1.58. The molecule has 0 amide bonds. The summed E-state index contributed by atoms with van der Waals surface area (Å²) in [6.07, 6.45) is 0. The molecule has 0 aromatic heterocycles. The Morgan fingerprint density at radius 1 is 1.00 bits per heavy atom. The Labute approximate surface area is 57.9 Å². The minimum absolute atomic E-state index is 0.0197. The van der Waals surface area contributed by atoms with Crippen molar-refractivity contribution in [3.63, 3.8) is 0 Å². The van der Waals surface area contributed by atoms with Crippen LogP contribution < -0.4 is 0 Å². The number of ether oxygens (including phenoxy) is 2. The largest absolute Gasteiger partial charge is 0.477 e. The minimum atomic E-state index is -0.0197. The number of hydrogen-bond acceptors (Lipinski definition) is 4. The first-order chi connectivity index (χ1) is 4.88. The van der Waals surface area contributed by atoms with Gasteiger partial charge < -0.3 is 9.47 Å². The number of hydrogen-bond donors (Lipinski definition) is 0.